The fourth-order valence-corrected chi connectivity index (χ4v) is 2.33. The van der Waals surface area contributed by atoms with Gasteiger partial charge in [0.05, 0.1) is 6.04 Å². The lowest BCUT2D eigenvalue weighted by Gasteiger charge is -2.17. The van der Waals surface area contributed by atoms with Gasteiger partial charge in [0.15, 0.2) is 0 Å². The topological polar surface area (TPSA) is 58.4 Å². The van der Waals surface area contributed by atoms with Gasteiger partial charge in [-0.15, -0.1) is 0 Å². The van der Waals surface area contributed by atoms with Gasteiger partial charge in [-0.25, -0.2) is 0 Å². The van der Waals surface area contributed by atoms with Crippen LogP contribution in [0, 0.1) is 0 Å². The molecule has 1 fully saturated rings. The third-order valence-corrected chi connectivity index (χ3v) is 3.47. The normalized spacial score (nSPS) is 20.1. The molecular weight excluding hydrogens is 238 g/mol. The Morgan fingerprint density at radius 1 is 1.59 bits per heavy atom. The standard InChI is InChI=1S/C12H16ClN3O/c1-15-11-4-5-16(12(11)17)9-3-2-8(7-14)10(13)6-9/h2-3,6,11,15H,4-5,7,14H2,1H3. The zero-order valence-corrected chi connectivity index (χ0v) is 10.5. The number of benzene rings is 1. The molecule has 0 aromatic heterocycles. The van der Waals surface area contributed by atoms with Crippen molar-refractivity contribution in [3.05, 3.63) is 28.8 Å². The molecule has 1 saturated heterocycles. The monoisotopic (exact) mass is 253 g/mol. The summed E-state index contributed by atoms with van der Waals surface area (Å²) in [6.45, 7) is 1.13. The highest BCUT2D eigenvalue weighted by molar-refractivity contribution is 6.31. The summed E-state index contributed by atoms with van der Waals surface area (Å²) in [7, 11) is 1.80. The third kappa shape index (κ3) is 2.29. The zero-order chi connectivity index (χ0) is 12.4. The Balaban J connectivity index is 2.24. The number of nitrogens with zero attached hydrogens (tertiary/aromatic N) is 1. The molecule has 1 heterocycles. The van der Waals surface area contributed by atoms with E-state index in [0.717, 1.165) is 24.2 Å². The Kier molecular flexibility index (Phi) is 3.66. The highest BCUT2D eigenvalue weighted by atomic mass is 35.5. The molecule has 1 aromatic rings. The lowest BCUT2D eigenvalue weighted by atomic mass is 10.2. The maximum Gasteiger partial charge on any atom is 0.244 e. The molecule has 1 aromatic carbocycles. The van der Waals surface area contributed by atoms with Gasteiger partial charge in [0.1, 0.15) is 0 Å². The first-order chi connectivity index (χ1) is 8.17. The van der Waals surface area contributed by atoms with Crippen molar-refractivity contribution in [2.45, 2.75) is 19.0 Å². The van der Waals surface area contributed by atoms with Crippen LogP contribution in [-0.4, -0.2) is 25.5 Å². The van der Waals surface area contributed by atoms with E-state index in [4.69, 9.17) is 17.3 Å². The average molecular weight is 254 g/mol. The van der Waals surface area contributed by atoms with Crippen LogP contribution in [-0.2, 0) is 11.3 Å². The van der Waals surface area contributed by atoms with E-state index in [2.05, 4.69) is 5.32 Å². The third-order valence-electron chi connectivity index (χ3n) is 3.12. The van der Waals surface area contributed by atoms with Crippen molar-refractivity contribution in [2.75, 3.05) is 18.5 Å². The van der Waals surface area contributed by atoms with Crippen LogP contribution in [0.4, 0.5) is 5.69 Å². The van der Waals surface area contributed by atoms with E-state index in [1.807, 2.05) is 12.1 Å². The Hall–Kier alpha value is -1.10. The molecule has 1 aliphatic heterocycles. The van der Waals surface area contributed by atoms with Crippen LogP contribution >= 0.6 is 11.6 Å². The molecule has 1 amide bonds. The first kappa shape index (κ1) is 12.4. The number of carbonyl (C=O) groups excluding carboxylic acids is 1. The quantitative estimate of drug-likeness (QED) is 0.849. The lowest BCUT2D eigenvalue weighted by molar-refractivity contribution is -0.118. The van der Waals surface area contributed by atoms with E-state index < -0.39 is 0 Å². The van der Waals surface area contributed by atoms with Crippen molar-refractivity contribution in [3.8, 4) is 0 Å². The fourth-order valence-electron chi connectivity index (χ4n) is 2.07. The predicted octanol–water partition coefficient (Wildman–Crippen LogP) is 1.12. The molecule has 0 spiro atoms. The highest BCUT2D eigenvalue weighted by Gasteiger charge is 2.31. The van der Waals surface area contributed by atoms with E-state index in [1.165, 1.54) is 0 Å². The minimum Gasteiger partial charge on any atom is -0.326 e. The Bertz CT molecular complexity index is 436. The smallest absolute Gasteiger partial charge is 0.244 e. The summed E-state index contributed by atoms with van der Waals surface area (Å²) in [4.78, 5) is 13.8. The van der Waals surface area contributed by atoms with Crippen LogP contribution in [0.15, 0.2) is 18.2 Å². The van der Waals surface area contributed by atoms with Gasteiger partial charge in [-0.2, -0.15) is 0 Å². The number of rotatable bonds is 3. The molecule has 17 heavy (non-hydrogen) atoms. The second-order valence-electron chi connectivity index (χ2n) is 4.10. The minimum atomic E-state index is -0.0806. The summed E-state index contributed by atoms with van der Waals surface area (Å²) in [5, 5.41) is 3.62. The van der Waals surface area contributed by atoms with E-state index in [1.54, 1.807) is 18.0 Å². The van der Waals surface area contributed by atoms with E-state index in [0.29, 0.717) is 11.6 Å². The van der Waals surface area contributed by atoms with Crippen LogP contribution < -0.4 is 16.0 Å². The first-order valence-corrected chi connectivity index (χ1v) is 6.02. The molecule has 1 atom stereocenters. The maximum atomic E-state index is 12.0. The van der Waals surface area contributed by atoms with E-state index in [9.17, 15) is 4.79 Å². The number of anilines is 1. The van der Waals surface area contributed by atoms with Crippen molar-refractivity contribution >= 4 is 23.2 Å². The van der Waals surface area contributed by atoms with Crippen molar-refractivity contribution in [1.29, 1.82) is 0 Å². The van der Waals surface area contributed by atoms with Crippen LogP contribution in [0.5, 0.6) is 0 Å². The van der Waals surface area contributed by atoms with Gasteiger partial charge < -0.3 is 16.0 Å². The number of amides is 1. The summed E-state index contributed by atoms with van der Waals surface area (Å²) in [5.74, 6) is 0.101. The maximum absolute atomic E-state index is 12.0. The molecule has 1 unspecified atom stereocenters. The summed E-state index contributed by atoms with van der Waals surface area (Å²) >= 11 is 6.09. The van der Waals surface area contributed by atoms with Gasteiger partial charge in [0.25, 0.3) is 0 Å². The molecule has 5 heteroatoms. The molecule has 0 aliphatic carbocycles. The van der Waals surface area contributed by atoms with Crippen molar-refractivity contribution in [3.63, 3.8) is 0 Å². The Morgan fingerprint density at radius 2 is 2.35 bits per heavy atom. The largest absolute Gasteiger partial charge is 0.326 e. The second-order valence-corrected chi connectivity index (χ2v) is 4.51. The van der Waals surface area contributed by atoms with Crippen LogP contribution in [0.1, 0.15) is 12.0 Å². The van der Waals surface area contributed by atoms with Crippen molar-refractivity contribution in [1.82, 2.24) is 5.32 Å². The van der Waals surface area contributed by atoms with Gasteiger partial charge in [-0.05, 0) is 31.2 Å². The number of nitrogens with two attached hydrogens (primary N) is 1. The van der Waals surface area contributed by atoms with Crippen LogP contribution in [0.25, 0.3) is 0 Å². The lowest BCUT2D eigenvalue weighted by Crippen LogP contribution is -2.36. The van der Waals surface area contributed by atoms with Gasteiger partial charge in [0, 0.05) is 23.8 Å². The number of halogens is 1. The first-order valence-electron chi connectivity index (χ1n) is 5.64. The molecule has 3 N–H and O–H groups in total. The van der Waals surface area contributed by atoms with E-state index in [-0.39, 0.29) is 11.9 Å². The Morgan fingerprint density at radius 3 is 2.88 bits per heavy atom. The number of nitrogens with one attached hydrogen (secondary N) is 1. The summed E-state index contributed by atoms with van der Waals surface area (Å²) in [6, 6.07) is 5.49. The number of hydrogen-bond acceptors (Lipinski definition) is 3. The number of likely N-dealkylation sites (N-methyl/N-ethyl adjacent to an activating group) is 1. The SMILES string of the molecule is CNC1CCN(c2ccc(CN)c(Cl)c2)C1=O. The fraction of sp³-hybridized carbons (Fsp3) is 0.417. The van der Waals surface area contributed by atoms with E-state index >= 15 is 0 Å². The minimum absolute atomic E-state index is 0.0806. The Labute approximate surface area is 106 Å². The van der Waals surface area contributed by atoms with Crippen molar-refractivity contribution < 1.29 is 4.79 Å². The molecule has 4 nitrogen and oxygen atoms in total. The summed E-state index contributed by atoms with van der Waals surface area (Å²) in [5.41, 5.74) is 7.29. The van der Waals surface area contributed by atoms with Gasteiger partial charge in [0.2, 0.25) is 5.91 Å². The summed E-state index contributed by atoms with van der Waals surface area (Å²) < 4.78 is 0. The van der Waals surface area contributed by atoms with Gasteiger partial charge in [-0.3, -0.25) is 4.79 Å². The van der Waals surface area contributed by atoms with Crippen LogP contribution in [0.2, 0.25) is 5.02 Å². The molecule has 2 rings (SSSR count). The number of carbonyl (C=O) groups is 1. The van der Waals surface area contributed by atoms with Gasteiger partial charge >= 0.3 is 0 Å². The highest BCUT2D eigenvalue weighted by Crippen LogP contribution is 2.26. The molecular formula is C12H16ClN3O. The van der Waals surface area contributed by atoms with Crippen LogP contribution in [0.3, 0.4) is 0 Å². The average Bonchev–Trinajstić information content (AvgIpc) is 2.70. The molecule has 0 saturated carbocycles. The zero-order valence-electron chi connectivity index (χ0n) is 9.74. The summed E-state index contributed by atoms with van der Waals surface area (Å²) in [6.07, 6.45) is 0.825. The molecule has 1 aliphatic rings. The van der Waals surface area contributed by atoms with Gasteiger partial charge in [-0.1, -0.05) is 17.7 Å². The molecule has 0 radical (unpaired) electrons. The predicted molar refractivity (Wildman–Crippen MR) is 69.2 cm³/mol. The number of hydrogen-bond donors (Lipinski definition) is 2. The van der Waals surface area contributed by atoms with Crippen molar-refractivity contribution in [2.24, 2.45) is 5.73 Å². The molecule has 92 valence electrons. The molecule has 0 bridgehead atoms. The second kappa shape index (κ2) is 5.04.